The van der Waals surface area contributed by atoms with Crippen LogP contribution in [0.15, 0.2) is 36.4 Å². The second-order valence-electron chi connectivity index (χ2n) is 5.23. The van der Waals surface area contributed by atoms with Crippen molar-refractivity contribution in [3.05, 3.63) is 42.0 Å². The number of aliphatic carboxylic acids is 1. The molecule has 0 aliphatic heterocycles. The Bertz CT molecular complexity index is 637. The van der Waals surface area contributed by atoms with Crippen LogP contribution in [0.5, 0.6) is 5.75 Å². The van der Waals surface area contributed by atoms with E-state index in [2.05, 4.69) is 0 Å². The van der Waals surface area contributed by atoms with Crippen molar-refractivity contribution in [2.45, 2.75) is 38.8 Å². The molecule has 0 radical (unpaired) electrons. The van der Waals surface area contributed by atoms with Crippen LogP contribution < -0.4 is 10.5 Å². The molecular formula is C17H21NO3. The van der Waals surface area contributed by atoms with Crippen LogP contribution in [0.1, 0.15) is 38.3 Å². The van der Waals surface area contributed by atoms with Gasteiger partial charge in [-0.05, 0) is 18.7 Å². The van der Waals surface area contributed by atoms with Crippen molar-refractivity contribution in [1.29, 1.82) is 0 Å². The number of fused-ring (bicyclic) bond motifs is 1. The van der Waals surface area contributed by atoms with Gasteiger partial charge in [-0.1, -0.05) is 49.7 Å². The number of carboxylic acid groups (broad SMARTS) is 1. The molecular weight excluding hydrogens is 266 g/mol. The molecule has 112 valence electrons. The smallest absolute Gasteiger partial charge is 0.344 e. The highest BCUT2D eigenvalue weighted by Crippen LogP contribution is 2.34. The van der Waals surface area contributed by atoms with Crippen LogP contribution >= 0.6 is 0 Å². The fourth-order valence-corrected chi connectivity index (χ4v) is 2.39. The van der Waals surface area contributed by atoms with E-state index in [-0.39, 0.29) is 6.04 Å². The monoisotopic (exact) mass is 287 g/mol. The molecule has 2 rings (SSSR count). The molecule has 2 aromatic rings. The first-order valence-electron chi connectivity index (χ1n) is 7.21. The first kappa shape index (κ1) is 15.3. The minimum absolute atomic E-state index is 0.222. The fraction of sp³-hybridized carbons (Fsp3) is 0.353. The molecule has 0 aliphatic rings. The lowest BCUT2D eigenvalue weighted by molar-refractivity contribution is -0.145. The topological polar surface area (TPSA) is 72.5 Å². The first-order valence-corrected chi connectivity index (χ1v) is 7.21. The molecule has 0 aliphatic carbocycles. The minimum Gasteiger partial charge on any atom is -0.479 e. The summed E-state index contributed by atoms with van der Waals surface area (Å²) in [6.45, 7) is 3.81. The lowest BCUT2D eigenvalue weighted by Crippen LogP contribution is -2.27. The number of benzene rings is 2. The predicted molar refractivity (Wildman–Crippen MR) is 83.5 cm³/mol. The lowest BCUT2D eigenvalue weighted by Gasteiger charge is -2.20. The van der Waals surface area contributed by atoms with Crippen LogP contribution in [0.25, 0.3) is 10.8 Å². The summed E-state index contributed by atoms with van der Waals surface area (Å²) in [6, 6.07) is 11.4. The van der Waals surface area contributed by atoms with Crippen LogP contribution in [0.3, 0.4) is 0 Å². The van der Waals surface area contributed by atoms with E-state index in [1.54, 1.807) is 0 Å². The van der Waals surface area contributed by atoms with Crippen molar-refractivity contribution in [3.63, 3.8) is 0 Å². The zero-order chi connectivity index (χ0) is 15.4. The van der Waals surface area contributed by atoms with Crippen molar-refractivity contribution in [1.82, 2.24) is 0 Å². The summed E-state index contributed by atoms with van der Waals surface area (Å²) in [4.78, 5) is 11.4. The van der Waals surface area contributed by atoms with Crippen molar-refractivity contribution in [2.75, 3.05) is 0 Å². The summed E-state index contributed by atoms with van der Waals surface area (Å²) < 4.78 is 5.84. The van der Waals surface area contributed by atoms with E-state index in [4.69, 9.17) is 10.5 Å². The normalized spacial score (nSPS) is 13.9. The van der Waals surface area contributed by atoms with E-state index in [1.165, 1.54) is 0 Å². The summed E-state index contributed by atoms with van der Waals surface area (Å²) in [5.74, 6) is -0.357. The average Bonchev–Trinajstić information content (AvgIpc) is 2.46. The van der Waals surface area contributed by atoms with Gasteiger partial charge in [-0.15, -0.1) is 0 Å². The third kappa shape index (κ3) is 3.34. The number of nitrogens with two attached hydrogens (primary N) is 1. The Hall–Kier alpha value is -2.07. The second-order valence-corrected chi connectivity index (χ2v) is 5.23. The van der Waals surface area contributed by atoms with Gasteiger partial charge in [-0.3, -0.25) is 0 Å². The van der Waals surface area contributed by atoms with E-state index >= 15 is 0 Å². The maximum atomic E-state index is 11.4. The Morgan fingerprint density at radius 2 is 2.00 bits per heavy atom. The molecule has 2 atom stereocenters. The van der Waals surface area contributed by atoms with E-state index in [0.29, 0.717) is 12.2 Å². The van der Waals surface area contributed by atoms with Gasteiger partial charge >= 0.3 is 5.97 Å². The number of hydrogen-bond acceptors (Lipinski definition) is 3. The molecule has 0 amide bonds. The molecule has 2 aromatic carbocycles. The van der Waals surface area contributed by atoms with Gasteiger partial charge < -0.3 is 15.6 Å². The quantitative estimate of drug-likeness (QED) is 0.853. The Kier molecular flexibility index (Phi) is 4.81. The molecule has 4 nitrogen and oxygen atoms in total. The van der Waals surface area contributed by atoms with Crippen LogP contribution in [-0.2, 0) is 4.79 Å². The molecule has 3 N–H and O–H groups in total. The molecule has 0 fully saturated rings. The summed E-state index contributed by atoms with van der Waals surface area (Å²) in [7, 11) is 0. The molecule has 0 bridgehead atoms. The fourth-order valence-electron chi connectivity index (χ4n) is 2.39. The van der Waals surface area contributed by atoms with Gasteiger partial charge in [0.05, 0.1) is 0 Å². The number of rotatable bonds is 6. The van der Waals surface area contributed by atoms with E-state index < -0.39 is 12.1 Å². The van der Waals surface area contributed by atoms with E-state index in [1.807, 2.05) is 50.2 Å². The molecule has 0 saturated heterocycles. The highest BCUT2D eigenvalue weighted by molar-refractivity contribution is 5.90. The highest BCUT2D eigenvalue weighted by Gasteiger charge is 2.22. The van der Waals surface area contributed by atoms with Crippen molar-refractivity contribution in [2.24, 2.45) is 5.73 Å². The molecule has 4 heteroatoms. The molecule has 21 heavy (non-hydrogen) atoms. The van der Waals surface area contributed by atoms with Gasteiger partial charge in [0.2, 0.25) is 0 Å². The Morgan fingerprint density at radius 3 is 2.62 bits per heavy atom. The molecule has 0 spiro atoms. The first-order chi connectivity index (χ1) is 10.0. The molecule has 0 heterocycles. The maximum Gasteiger partial charge on any atom is 0.344 e. The predicted octanol–water partition coefficient (Wildman–Crippen LogP) is 3.49. The van der Waals surface area contributed by atoms with Crippen LogP contribution in [0.2, 0.25) is 0 Å². The lowest BCUT2D eigenvalue weighted by atomic mass is 10.0. The maximum absolute atomic E-state index is 11.4. The van der Waals surface area contributed by atoms with Gasteiger partial charge in [0.25, 0.3) is 0 Å². The largest absolute Gasteiger partial charge is 0.479 e. The Morgan fingerprint density at radius 1 is 1.29 bits per heavy atom. The minimum atomic E-state index is -0.944. The number of ether oxygens (including phenoxy) is 1. The van der Waals surface area contributed by atoms with Crippen molar-refractivity contribution < 1.29 is 14.6 Å². The SMILES string of the molecule is CCCC(Oc1c(C(C)N)ccc2ccccc12)C(=O)O. The zero-order valence-corrected chi connectivity index (χ0v) is 12.4. The van der Waals surface area contributed by atoms with Crippen molar-refractivity contribution in [3.8, 4) is 5.75 Å². The summed E-state index contributed by atoms with van der Waals surface area (Å²) in [5, 5.41) is 11.2. The van der Waals surface area contributed by atoms with Crippen LogP contribution in [0.4, 0.5) is 0 Å². The third-order valence-corrected chi connectivity index (χ3v) is 3.49. The van der Waals surface area contributed by atoms with Crippen LogP contribution in [0, 0.1) is 0 Å². The van der Waals surface area contributed by atoms with E-state index in [0.717, 1.165) is 22.8 Å². The standard InChI is InChI=1S/C17H21NO3/c1-3-6-15(17(19)20)21-16-13(11(2)18)10-9-12-7-4-5-8-14(12)16/h4-5,7-11,15H,3,6,18H2,1-2H3,(H,19,20). The van der Waals surface area contributed by atoms with E-state index in [9.17, 15) is 9.90 Å². The average molecular weight is 287 g/mol. The summed E-state index contributed by atoms with van der Waals surface area (Å²) >= 11 is 0. The zero-order valence-electron chi connectivity index (χ0n) is 12.4. The molecule has 0 saturated carbocycles. The van der Waals surface area contributed by atoms with Gasteiger partial charge in [0.15, 0.2) is 6.10 Å². The second kappa shape index (κ2) is 6.59. The van der Waals surface area contributed by atoms with Gasteiger partial charge in [0.1, 0.15) is 5.75 Å². The van der Waals surface area contributed by atoms with Gasteiger partial charge in [-0.25, -0.2) is 4.79 Å². The summed E-state index contributed by atoms with van der Waals surface area (Å²) in [5.41, 5.74) is 6.83. The molecule has 0 aromatic heterocycles. The van der Waals surface area contributed by atoms with Gasteiger partial charge in [-0.2, -0.15) is 0 Å². The Labute approximate surface area is 124 Å². The van der Waals surface area contributed by atoms with Gasteiger partial charge in [0, 0.05) is 17.0 Å². The van der Waals surface area contributed by atoms with Crippen molar-refractivity contribution >= 4 is 16.7 Å². The highest BCUT2D eigenvalue weighted by atomic mass is 16.5. The number of carboxylic acids is 1. The number of hydrogen-bond donors (Lipinski definition) is 2. The van der Waals surface area contributed by atoms with Crippen LogP contribution in [-0.4, -0.2) is 17.2 Å². The summed E-state index contributed by atoms with van der Waals surface area (Å²) in [6.07, 6.45) is 0.366. The molecule has 2 unspecified atom stereocenters. The Balaban J connectivity index is 2.53. The third-order valence-electron chi connectivity index (χ3n) is 3.49. The number of carbonyl (C=O) groups is 1.